The molecule has 1 N–H and O–H groups in total. The van der Waals surface area contributed by atoms with Gasteiger partial charge in [-0.1, -0.05) is 12.1 Å². The van der Waals surface area contributed by atoms with Crippen molar-refractivity contribution in [2.24, 2.45) is 0 Å². The highest BCUT2D eigenvalue weighted by atomic mass is 32.1. The van der Waals surface area contributed by atoms with Crippen molar-refractivity contribution in [3.05, 3.63) is 51.2 Å². The number of hydrogen-bond donors (Lipinski definition) is 1. The van der Waals surface area contributed by atoms with Crippen molar-refractivity contribution in [2.45, 2.75) is 45.6 Å². The molecule has 0 aliphatic heterocycles. The van der Waals surface area contributed by atoms with E-state index in [1.807, 2.05) is 5.38 Å². The molecular formula is C20H21NO4S. The van der Waals surface area contributed by atoms with Gasteiger partial charge < -0.3 is 10.1 Å². The van der Waals surface area contributed by atoms with Crippen LogP contribution in [0.25, 0.3) is 0 Å². The predicted molar refractivity (Wildman–Crippen MR) is 101 cm³/mol. The van der Waals surface area contributed by atoms with E-state index >= 15 is 0 Å². The Hall–Kier alpha value is -2.47. The van der Waals surface area contributed by atoms with Gasteiger partial charge in [0.05, 0.1) is 5.56 Å². The van der Waals surface area contributed by atoms with E-state index in [2.05, 4.69) is 5.32 Å². The zero-order valence-electron chi connectivity index (χ0n) is 14.8. The highest BCUT2D eigenvalue weighted by Crippen LogP contribution is 2.30. The van der Waals surface area contributed by atoms with Gasteiger partial charge in [0.15, 0.2) is 11.9 Å². The first-order chi connectivity index (χ1) is 12.5. The van der Waals surface area contributed by atoms with Crippen LogP contribution in [0, 0.1) is 0 Å². The van der Waals surface area contributed by atoms with Gasteiger partial charge in [-0.2, -0.15) is 0 Å². The van der Waals surface area contributed by atoms with E-state index in [-0.39, 0.29) is 5.78 Å². The summed E-state index contributed by atoms with van der Waals surface area (Å²) in [6.45, 7) is 3.01. The fourth-order valence-electron chi connectivity index (χ4n) is 3.00. The van der Waals surface area contributed by atoms with Crippen LogP contribution in [0.15, 0.2) is 29.6 Å². The van der Waals surface area contributed by atoms with E-state index in [0.29, 0.717) is 16.8 Å². The second-order valence-corrected chi connectivity index (χ2v) is 7.40. The zero-order chi connectivity index (χ0) is 18.7. The van der Waals surface area contributed by atoms with Crippen LogP contribution >= 0.6 is 11.3 Å². The number of ketones is 1. The normalized spacial score (nSPS) is 14.2. The zero-order valence-corrected chi connectivity index (χ0v) is 15.7. The number of aryl methyl sites for hydroxylation is 1. The van der Waals surface area contributed by atoms with Crippen LogP contribution in [-0.4, -0.2) is 23.8 Å². The summed E-state index contributed by atoms with van der Waals surface area (Å²) < 4.78 is 5.36. The summed E-state index contributed by atoms with van der Waals surface area (Å²) in [5.74, 6) is -0.963. The molecule has 1 aromatic carbocycles. The van der Waals surface area contributed by atoms with Crippen LogP contribution in [0.3, 0.4) is 0 Å². The van der Waals surface area contributed by atoms with Gasteiger partial charge in [-0.3, -0.25) is 9.59 Å². The number of anilines is 1. The van der Waals surface area contributed by atoms with Crippen molar-refractivity contribution < 1.29 is 19.1 Å². The first kappa shape index (κ1) is 18.3. The van der Waals surface area contributed by atoms with E-state index in [9.17, 15) is 14.4 Å². The molecule has 1 amide bonds. The number of fused-ring (bicyclic) bond motifs is 1. The van der Waals surface area contributed by atoms with Gasteiger partial charge >= 0.3 is 5.97 Å². The number of benzene rings is 1. The third-order valence-corrected chi connectivity index (χ3v) is 5.56. The van der Waals surface area contributed by atoms with E-state index in [1.165, 1.54) is 11.8 Å². The van der Waals surface area contributed by atoms with Crippen LogP contribution in [0.1, 0.15) is 57.8 Å². The molecule has 2 aromatic rings. The van der Waals surface area contributed by atoms with Crippen LogP contribution in [0.5, 0.6) is 0 Å². The molecule has 3 rings (SSSR count). The predicted octanol–water partition coefficient (Wildman–Crippen LogP) is 4.01. The number of esters is 1. The lowest BCUT2D eigenvalue weighted by Gasteiger charge is -2.15. The molecule has 0 radical (unpaired) electrons. The highest BCUT2D eigenvalue weighted by molar-refractivity contribution is 7.10. The number of thiophene rings is 1. The monoisotopic (exact) mass is 371 g/mol. The Morgan fingerprint density at radius 1 is 1.19 bits per heavy atom. The minimum Gasteiger partial charge on any atom is -0.449 e. The van der Waals surface area contributed by atoms with Crippen molar-refractivity contribution in [3.63, 3.8) is 0 Å². The average molecular weight is 371 g/mol. The summed E-state index contributed by atoms with van der Waals surface area (Å²) in [5, 5.41) is 4.52. The minimum atomic E-state index is -0.928. The first-order valence-corrected chi connectivity index (χ1v) is 9.55. The van der Waals surface area contributed by atoms with Gasteiger partial charge in [0.1, 0.15) is 0 Å². The number of carbonyl (C=O) groups excluding carboxylic acids is 3. The molecular weight excluding hydrogens is 350 g/mol. The molecule has 1 aliphatic rings. The van der Waals surface area contributed by atoms with Crippen LogP contribution < -0.4 is 5.32 Å². The molecule has 0 spiro atoms. The molecule has 136 valence electrons. The Bertz CT molecular complexity index is 855. The van der Waals surface area contributed by atoms with Crippen LogP contribution in [-0.2, 0) is 22.4 Å². The second kappa shape index (κ2) is 7.83. The average Bonchev–Trinajstić information content (AvgIpc) is 3.06. The summed E-state index contributed by atoms with van der Waals surface area (Å²) in [7, 11) is 0. The standard InChI is InChI=1S/C20H21NO4S/c1-12(22)14-6-5-7-15(10-14)21-19(23)13(2)25-20(24)17-11-26-18-9-4-3-8-16(17)18/h5-7,10-11,13H,3-4,8-9H2,1-2H3,(H,21,23)/t13-/m0/s1. The fraction of sp³-hybridized carbons (Fsp3) is 0.350. The van der Waals surface area contributed by atoms with Crippen molar-refractivity contribution in [1.82, 2.24) is 0 Å². The van der Waals surface area contributed by atoms with Gasteiger partial charge in [-0.25, -0.2) is 4.79 Å². The number of hydrogen-bond acceptors (Lipinski definition) is 5. The van der Waals surface area contributed by atoms with Crippen molar-refractivity contribution in [1.29, 1.82) is 0 Å². The number of Topliss-reactive ketones (excluding diaryl/α,β-unsaturated/α-hetero) is 1. The van der Waals surface area contributed by atoms with Crippen molar-refractivity contribution in [3.8, 4) is 0 Å². The number of carbonyl (C=O) groups is 3. The Labute approximate surface area is 156 Å². The van der Waals surface area contributed by atoms with E-state index in [1.54, 1.807) is 42.5 Å². The summed E-state index contributed by atoms with van der Waals surface area (Å²) in [4.78, 5) is 37.4. The molecule has 1 aliphatic carbocycles. The molecule has 0 unspecified atom stereocenters. The van der Waals surface area contributed by atoms with E-state index < -0.39 is 18.0 Å². The van der Waals surface area contributed by atoms with Crippen molar-refractivity contribution >= 4 is 34.7 Å². The van der Waals surface area contributed by atoms with Crippen molar-refractivity contribution in [2.75, 3.05) is 5.32 Å². The molecule has 0 bridgehead atoms. The molecule has 1 aromatic heterocycles. The Morgan fingerprint density at radius 2 is 1.96 bits per heavy atom. The van der Waals surface area contributed by atoms with Gasteiger partial charge in [0.2, 0.25) is 0 Å². The number of rotatable bonds is 5. The topological polar surface area (TPSA) is 72.5 Å². The smallest absolute Gasteiger partial charge is 0.340 e. The summed E-state index contributed by atoms with van der Waals surface area (Å²) in [6.07, 6.45) is 3.20. The molecule has 6 heteroatoms. The Balaban J connectivity index is 1.64. The number of amides is 1. The first-order valence-electron chi connectivity index (χ1n) is 8.68. The number of nitrogens with one attached hydrogen (secondary N) is 1. The number of ether oxygens (including phenoxy) is 1. The molecule has 5 nitrogen and oxygen atoms in total. The molecule has 0 saturated carbocycles. The second-order valence-electron chi connectivity index (χ2n) is 6.43. The minimum absolute atomic E-state index is 0.0807. The molecule has 0 saturated heterocycles. The van der Waals surface area contributed by atoms with Crippen LogP contribution in [0.2, 0.25) is 0 Å². The maximum Gasteiger partial charge on any atom is 0.340 e. The van der Waals surface area contributed by atoms with Crippen LogP contribution in [0.4, 0.5) is 5.69 Å². The van der Waals surface area contributed by atoms with Gasteiger partial charge in [-0.15, -0.1) is 11.3 Å². The molecule has 26 heavy (non-hydrogen) atoms. The highest BCUT2D eigenvalue weighted by Gasteiger charge is 2.24. The molecule has 1 atom stereocenters. The largest absolute Gasteiger partial charge is 0.449 e. The Morgan fingerprint density at radius 3 is 2.73 bits per heavy atom. The third-order valence-electron chi connectivity index (χ3n) is 4.47. The molecule has 0 fully saturated rings. The van der Waals surface area contributed by atoms with Gasteiger partial charge in [0, 0.05) is 21.5 Å². The Kier molecular flexibility index (Phi) is 5.52. The van der Waals surface area contributed by atoms with E-state index in [4.69, 9.17) is 4.74 Å². The summed E-state index contributed by atoms with van der Waals surface area (Å²) in [6, 6.07) is 6.67. The third kappa shape index (κ3) is 4.02. The van der Waals surface area contributed by atoms with E-state index in [0.717, 1.165) is 31.2 Å². The van der Waals surface area contributed by atoms with Gasteiger partial charge in [0.25, 0.3) is 5.91 Å². The summed E-state index contributed by atoms with van der Waals surface area (Å²) in [5.41, 5.74) is 2.67. The lowest BCUT2D eigenvalue weighted by Crippen LogP contribution is -2.30. The maximum atomic E-state index is 12.4. The quantitative estimate of drug-likeness (QED) is 0.637. The fourth-order valence-corrected chi connectivity index (χ4v) is 4.12. The lowest BCUT2D eigenvalue weighted by atomic mass is 9.96. The maximum absolute atomic E-state index is 12.4. The molecule has 1 heterocycles. The SMILES string of the molecule is CC(=O)c1cccc(NC(=O)[C@H](C)OC(=O)c2csc3c2CCCC3)c1. The summed E-state index contributed by atoms with van der Waals surface area (Å²) >= 11 is 1.59. The lowest BCUT2D eigenvalue weighted by molar-refractivity contribution is -0.123. The van der Waals surface area contributed by atoms with Gasteiger partial charge in [-0.05, 0) is 57.2 Å².